The van der Waals surface area contributed by atoms with Gasteiger partial charge in [-0.25, -0.2) is 0 Å². The molecular formula is C15H23NO2. The van der Waals surface area contributed by atoms with Crippen LogP contribution in [0.25, 0.3) is 0 Å². The average Bonchev–Trinajstić information content (AvgIpc) is 2.32. The Labute approximate surface area is 110 Å². The lowest BCUT2D eigenvalue weighted by Gasteiger charge is -2.40. The Morgan fingerprint density at radius 3 is 2.50 bits per heavy atom. The smallest absolute Gasteiger partial charge is 0.163 e. The van der Waals surface area contributed by atoms with E-state index in [9.17, 15) is 0 Å². The number of nitrogens with zero attached hydrogens (tertiary/aromatic N) is 1. The van der Waals surface area contributed by atoms with Crippen molar-refractivity contribution in [2.24, 2.45) is 0 Å². The Balaban J connectivity index is 2.16. The average molecular weight is 249 g/mol. The van der Waals surface area contributed by atoms with Crippen molar-refractivity contribution in [3.8, 4) is 0 Å². The van der Waals surface area contributed by atoms with Crippen molar-refractivity contribution in [3.05, 3.63) is 30.3 Å². The number of hydrogen-bond donors (Lipinski definition) is 0. The second-order valence-electron chi connectivity index (χ2n) is 5.48. The number of ether oxygens (including phenoxy) is 2. The molecule has 0 N–H and O–H groups in total. The summed E-state index contributed by atoms with van der Waals surface area (Å²) in [7, 11) is 0. The minimum Gasteiger partial charge on any atom is -0.364 e. The molecule has 2 unspecified atom stereocenters. The molecule has 0 spiro atoms. The second-order valence-corrected chi connectivity index (χ2v) is 5.48. The number of benzene rings is 1. The third-order valence-electron chi connectivity index (χ3n) is 3.23. The van der Waals surface area contributed by atoms with Crippen LogP contribution in [-0.2, 0) is 9.47 Å². The molecule has 2 rings (SSSR count). The molecule has 0 radical (unpaired) electrons. The predicted octanol–water partition coefficient (Wildman–Crippen LogP) is 3.05. The molecule has 1 aromatic rings. The summed E-state index contributed by atoms with van der Waals surface area (Å²) in [6, 6.07) is 10.8. The molecule has 1 aliphatic rings. The SMILES string of the molecule is CC1CN(c2ccccc2)C(C)COC(C)(C)O1. The number of rotatable bonds is 1. The fraction of sp³-hybridized carbons (Fsp3) is 0.600. The highest BCUT2D eigenvalue weighted by atomic mass is 16.7. The molecule has 3 nitrogen and oxygen atoms in total. The third-order valence-corrected chi connectivity index (χ3v) is 3.23. The van der Waals surface area contributed by atoms with E-state index in [4.69, 9.17) is 9.47 Å². The number of hydrogen-bond acceptors (Lipinski definition) is 3. The maximum Gasteiger partial charge on any atom is 0.163 e. The highest BCUT2D eigenvalue weighted by molar-refractivity contribution is 5.47. The second kappa shape index (κ2) is 5.29. The summed E-state index contributed by atoms with van der Waals surface area (Å²) in [4.78, 5) is 2.35. The Morgan fingerprint density at radius 2 is 1.83 bits per heavy atom. The van der Waals surface area contributed by atoms with Crippen LogP contribution in [-0.4, -0.2) is 31.1 Å². The van der Waals surface area contributed by atoms with Gasteiger partial charge in [0.25, 0.3) is 0 Å². The van der Waals surface area contributed by atoms with Gasteiger partial charge < -0.3 is 14.4 Å². The summed E-state index contributed by atoms with van der Waals surface area (Å²) in [6.45, 7) is 9.82. The first-order valence-corrected chi connectivity index (χ1v) is 6.61. The van der Waals surface area contributed by atoms with Crippen LogP contribution in [0.3, 0.4) is 0 Å². The minimum atomic E-state index is -0.490. The first-order valence-electron chi connectivity index (χ1n) is 6.61. The van der Waals surface area contributed by atoms with Crippen LogP contribution >= 0.6 is 0 Å². The monoisotopic (exact) mass is 249 g/mol. The van der Waals surface area contributed by atoms with Crippen molar-refractivity contribution < 1.29 is 9.47 Å². The molecule has 1 aliphatic heterocycles. The quantitative estimate of drug-likeness (QED) is 0.763. The van der Waals surface area contributed by atoms with Gasteiger partial charge in [-0.3, -0.25) is 0 Å². The predicted molar refractivity (Wildman–Crippen MR) is 73.8 cm³/mol. The molecule has 18 heavy (non-hydrogen) atoms. The molecule has 100 valence electrons. The summed E-state index contributed by atoms with van der Waals surface area (Å²) in [5, 5.41) is 0. The molecule has 0 saturated carbocycles. The molecular weight excluding hydrogens is 226 g/mol. The lowest BCUT2D eigenvalue weighted by Crippen LogP contribution is -2.49. The van der Waals surface area contributed by atoms with E-state index in [0.29, 0.717) is 12.6 Å². The van der Waals surface area contributed by atoms with E-state index in [2.05, 4.69) is 43.0 Å². The van der Waals surface area contributed by atoms with Crippen molar-refractivity contribution in [1.82, 2.24) is 0 Å². The lowest BCUT2D eigenvalue weighted by molar-refractivity contribution is -0.239. The molecule has 3 heteroatoms. The van der Waals surface area contributed by atoms with Gasteiger partial charge in [-0.1, -0.05) is 18.2 Å². The topological polar surface area (TPSA) is 21.7 Å². The minimum absolute atomic E-state index is 0.142. The van der Waals surface area contributed by atoms with Crippen LogP contribution in [0.5, 0.6) is 0 Å². The van der Waals surface area contributed by atoms with Crippen LogP contribution in [0.4, 0.5) is 5.69 Å². The van der Waals surface area contributed by atoms with E-state index in [1.54, 1.807) is 0 Å². The van der Waals surface area contributed by atoms with Crippen LogP contribution < -0.4 is 4.90 Å². The Bertz CT molecular complexity index is 377. The lowest BCUT2D eigenvalue weighted by atomic mass is 10.2. The van der Waals surface area contributed by atoms with E-state index in [1.807, 2.05) is 19.9 Å². The van der Waals surface area contributed by atoms with Crippen LogP contribution in [0, 0.1) is 0 Å². The van der Waals surface area contributed by atoms with Crippen LogP contribution in [0.1, 0.15) is 27.7 Å². The van der Waals surface area contributed by atoms with Crippen molar-refractivity contribution in [2.45, 2.75) is 45.6 Å². The molecule has 1 fully saturated rings. The first kappa shape index (κ1) is 13.4. The van der Waals surface area contributed by atoms with Crippen LogP contribution in [0.15, 0.2) is 30.3 Å². The molecule has 0 bridgehead atoms. The fourth-order valence-electron chi connectivity index (χ4n) is 2.40. The highest BCUT2D eigenvalue weighted by Gasteiger charge is 2.29. The largest absolute Gasteiger partial charge is 0.364 e. The number of anilines is 1. The molecule has 0 aromatic heterocycles. The van der Waals surface area contributed by atoms with Crippen molar-refractivity contribution in [1.29, 1.82) is 0 Å². The molecule has 1 heterocycles. The maximum atomic E-state index is 5.91. The Hall–Kier alpha value is -1.06. The van der Waals surface area contributed by atoms with Gasteiger partial charge >= 0.3 is 0 Å². The normalized spacial score (nSPS) is 28.6. The van der Waals surface area contributed by atoms with Gasteiger partial charge in [0.2, 0.25) is 0 Å². The van der Waals surface area contributed by atoms with E-state index < -0.39 is 5.79 Å². The zero-order valence-corrected chi connectivity index (χ0v) is 11.7. The van der Waals surface area contributed by atoms with E-state index in [1.165, 1.54) is 5.69 Å². The summed E-state index contributed by atoms with van der Waals surface area (Å²) < 4.78 is 11.8. The highest BCUT2D eigenvalue weighted by Crippen LogP contribution is 2.24. The number of para-hydroxylation sites is 1. The van der Waals surface area contributed by atoms with E-state index in [0.717, 1.165) is 6.54 Å². The zero-order valence-electron chi connectivity index (χ0n) is 11.7. The zero-order chi connectivity index (χ0) is 13.2. The van der Waals surface area contributed by atoms with Crippen LogP contribution in [0.2, 0.25) is 0 Å². The van der Waals surface area contributed by atoms with Gasteiger partial charge in [0.1, 0.15) is 0 Å². The van der Waals surface area contributed by atoms with Gasteiger partial charge in [0.05, 0.1) is 12.7 Å². The van der Waals surface area contributed by atoms with Gasteiger partial charge in [0, 0.05) is 18.3 Å². The fourth-order valence-corrected chi connectivity index (χ4v) is 2.40. The molecule has 0 aliphatic carbocycles. The van der Waals surface area contributed by atoms with Gasteiger partial charge in [0.15, 0.2) is 5.79 Å². The Kier molecular flexibility index (Phi) is 3.93. The Morgan fingerprint density at radius 1 is 1.17 bits per heavy atom. The first-order chi connectivity index (χ1) is 8.48. The molecule has 1 aromatic carbocycles. The van der Waals surface area contributed by atoms with Crippen molar-refractivity contribution in [2.75, 3.05) is 18.1 Å². The summed E-state index contributed by atoms with van der Waals surface area (Å²) in [5.41, 5.74) is 1.23. The van der Waals surface area contributed by atoms with Crippen molar-refractivity contribution in [3.63, 3.8) is 0 Å². The molecule has 0 amide bonds. The van der Waals surface area contributed by atoms with Crippen molar-refractivity contribution >= 4 is 5.69 Å². The molecule has 2 atom stereocenters. The third kappa shape index (κ3) is 3.24. The summed E-state index contributed by atoms with van der Waals surface area (Å²) in [6.07, 6.45) is 0.142. The van der Waals surface area contributed by atoms with Gasteiger partial charge in [-0.05, 0) is 39.8 Å². The van der Waals surface area contributed by atoms with E-state index in [-0.39, 0.29) is 6.10 Å². The summed E-state index contributed by atoms with van der Waals surface area (Å²) in [5.74, 6) is -0.490. The standard InChI is InChI=1S/C15H23NO2/c1-12-11-17-15(3,4)18-13(2)10-16(12)14-8-6-5-7-9-14/h5-9,12-13H,10-11H2,1-4H3. The van der Waals surface area contributed by atoms with Gasteiger partial charge in [-0.2, -0.15) is 0 Å². The van der Waals surface area contributed by atoms with Gasteiger partial charge in [-0.15, -0.1) is 0 Å². The summed E-state index contributed by atoms with van der Waals surface area (Å²) >= 11 is 0. The van der Waals surface area contributed by atoms with E-state index >= 15 is 0 Å². The maximum absolute atomic E-state index is 5.91. The molecule has 1 saturated heterocycles.